The lowest BCUT2D eigenvalue weighted by Crippen LogP contribution is -2.32. The van der Waals surface area contributed by atoms with E-state index in [0.717, 1.165) is 0 Å². The Hall–Kier alpha value is -4.02. The third-order valence-electron chi connectivity index (χ3n) is 5.78. The first-order chi connectivity index (χ1) is 15.7. The number of likely N-dealkylation sites (N-methyl/N-ethyl adjacent to an activating group) is 1. The van der Waals surface area contributed by atoms with Crippen molar-refractivity contribution in [2.45, 2.75) is 12.7 Å². The van der Waals surface area contributed by atoms with Gasteiger partial charge in [0.1, 0.15) is 29.7 Å². The summed E-state index contributed by atoms with van der Waals surface area (Å²) in [4.78, 5) is 18.9. The molecule has 1 aliphatic heterocycles. The van der Waals surface area contributed by atoms with Crippen LogP contribution in [0.3, 0.4) is 0 Å². The molecule has 0 saturated carbocycles. The van der Waals surface area contributed by atoms with Crippen LogP contribution in [0.25, 0.3) is 21.8 Å². The summed E-state index contributed by atoms with van der Waals surface area (Å²) >= 11 is 0. The van der Waals surface area contributed by atoms with E-state index in [1.807, 2.05) is 0 Å². The molecule has 0 saturated heterocycles. The van der Waals surface area contributed by atoms with Crippen LogP contribution >= 0.6 is 0 Å². The number of rotatable bonds is 4. The van der Waals surface area contributed by atoms with Gasteiger partial charge in [0.2, 0.25) is 0 Å². The molecular weight excluding hydrogens is 439 g/mol. The molecule has 1 amide bonds. The number of amides is 1. The zero-order valence-electron chi connectivity index (χ0n) is 17.6. The Balaban J connectivity index is 1.52. The van der Waals surface area contributed by atoms with Gasteiger partial charge in [0.25, 0.3) is 5.91 Å². The molecule has 0 spiro atoms. The van der Waals surface area contributed by atoms with Crippen molar-refractivity contribution in [3.05, 3.63) is 53.5 Å². The van der Waals surface area contributed by atoms with Crippen molar-refractivity contribution in [2.24, 2.45) is 7.05 Å². The van der Waals surface area contributed by atoms with Crippen molar-refractivity contribution < 1.29 is 27.4 Å². The zero-order chi connectivity index (χ0) is 23.4. The van der Waals surface area contributed by atoms with Crippen molar-refractivity contribution in [1.82, 2.24) is 19.7 Å². The highest BCUT2D eigenvalue weighted by Crippen LogP contribution is 2.39. The predicted molar refractivity (Wildman–Crippen MR) is 114 cm³/mol. The van der Waals surface area contributed by atoms with Crippen LogP contribution in [0.15, 0.2) is 36.5 Å². The number of halogens is 3. The molecule has 0 unspecified atom stereocenters. The Morgan fingerprint density at radius 2 is 2.09 bits per heavy atom. The van der Waals surface area contributed by atoms with Crippen LogP contribution in [-0.4, -0.2) is 45.8 Å². The third-order valence-corrected chi connectivity index (χ3v) is 5.78. The smallest absolute Gasteiger partial charge is 0.387 e. The Morgan fingerprint density at radius 3 is 2.85 bits per heavy atom. The number of carbonyl (C=O) groups is 1. The summed E-state index contributed by atoms with van der Waals surface area (Å²) in [6, 6.07) is 6.34. The first-order valence-electron chi connectivity index (χ1n) is 9.93. The van der Waals surface area contributed by atoms with Crippen LogP contribution in [0.1, 0.15) is 22.0 Å². The van der Waals surface area contributed by atoms with E-state index in [0.29, 0.717) is 33.1 Å². The van der Waals surface area contributed by atoms with Crippen LogP contribution in [0.2, 0.25) is 0 Å². The lowest BCUT2D eigenvalue weighted by Gasteiger charge is -2.24. The lowest BCUT2D eigenvalue weighted by atomic mass is 10.0. The molecule has 8 nitrogen and oxygen atoms in total. The van der Waals surface area contributed by atoms with Gasteiger partial charge in [0.15, 0.2) is 0 Å². The molecule has 0 fully saturated rings. The minimum absolute atomic E-state index is 0.0501. The molecule has 170 valence electrons. The van der Waals surface area contributed by atoms with Crippen molar-refractivity contribution in [3.8, 4) is 11.5 Å². The Kier molecular flexibility index (Phi) is 4.76. The Labute approximate surface area is 185 Å². The topological polar surface area (TPSA) is 95.5 Å². The number of benzene rings is 2. The zero-order valence-corrected chi connectivity index (χ0v) is 17.6. The van der Waals surface area contributed by atoms with Crippen molar-refractivity contribution >= 4 is 33.5 Å². The maximum Gasteiger partial charge on any atom is 0.387 e. The summed E-state index contributed by atoms with van der Waals surface area (Å²) in [6.45, 7) is -2.87. The van der Waals surface area contributed by atoms with E-state index in [9.17, 15) is 18.0 Å². The number of aryl methyl sites for hydroxylation is 1. The van der Waals surface area contributed by atoms with Gasteiger partial charge in [0, 0.05) is 37.2 Å². The average Bonchev–Trinajstić information content (AvgIpc) is 3.36. The number of carbonyl (C=O) groups excluding carboxylic acids is 1. The standard InChI is InChI=1S/C22H18F3N5O3/c1-29(17-9-32-18-5-10(33-22(24)25)3-4-11(17)18)21(31)12-6-13-16(7-15(12)23)28-20(26)14-8-27-30(2)19(13)14/h3-8,17,22H,9H2,1-2H3,(H2,26,28)/t17-/m0/s1. The van der Waals surface area contributed by atoms with Crippen LogP contribution < -0.4 is 15.2 Å². The number of pyridine rings is 1. The van der Waals surface area contributed by atoms with E-state index in [2.05, 4.69) is 14.8 Å². The van der Waals surface area contributed by atoms with Crippen LogP contribution in [0.5, 0.6) is 11.5 Å². The highest BCUT2D eigenvalue weighted by atomic mass is 19.3. The highest BCUT2D eigenvalue weighted by Gasteiger charge is 2.32. The number of aromatic nitrogens is 3. The summed E-state index contributed by atoms with van der Waals surface area (Å²) in [5.41, 5.74) is 7.37. The molecule has 0 radical (unpaired) electrons. The number of fused-ring (bicyclic) bond motifs is 4. The second kappa shape index (κ2) is 7.54. The highest BCUT2D eigenvalue weighted by molar-refractivity contribution is 6.10. The SMILES string of the molecule is CN(C(=O)c1cc2c(cc1F)nc(N)c1cnn(C)c12)[C@H]1COc2cc(OC(F)F)ccc21. The molecule has 1 atom stereocenters. The van der Waals surface area contributed by atoms with Crippen molar-refractivity contribution in [3.63, 3.8) is 0 Å². The molecule has 3 heterocycles. The molecule has 0 aliphatic carbocycles. The average molecular weight is 457 g/mol. The van der Waals surface area contributed by atoms with Crippen molar-refractivity contribution in [1.29, 1.82) is 0 Å². The normalized spacial score (nSPS) is 15.2. The number of hydrogen-bond acceptors (Lipinski definition) is 6. The second-order valence-corrected chi connectivity index (χ2v) is 7.70. The van der Waals surface area contributed by atoms with Gasteiger partial charge in [-0.05, 0) is 18.2 Å². The number of nitrogens with two attached hydrogens (primary N) is 1. The van der Waals surface area contributed by atoms with E-state index >= 15 is 0 Å². The van der Waals surface area contributed by atoms with Gasteiger partial charge in [-0.1, -0.05) is 0 Å². The second-order valence-electron chi connectivity index (χ2n) is 7.70. The fourth-order valence-electron chi connectivity index (χ4n) is 4.14. The number of nitrogens with zero attached hydrogens (tertiary/aromatic N) is 4. The predicted octanol–water partition coefficient (Wildman–Crippen LogP) is 3.65. The first kappa shape index (κ1) is 20.9. The van der Waals surface area contributed by atoms with Gasteiger partial charge in [-0.2, -0.15) is 13.9 Å². The molecule has 2 aromatic carbocycles. The van der Waals surface area contributed by atoms with Crippen molar-refractivity contribution in [2.75, 3.05) is 19.4 Å². The quantitative estimate of drug-likeness (QED) is 0.503. The molecule has 4 aromatic rings. The van der Waals surface area contributed by atoms with Gasteiger partial charge in [-0.3, -0.25) is 9.48 Å². The lowest BCUT2D eigenvalue weighted by molar-refractivity contribution is -0.0499. The first-order valence-corrected chi connectivity index (χ1v) is 9.93. The number of nitrogen functional groups attached to an aromatic ring is 1. The van der Waals surface area contributed by atoms with E-state index in [-0.39, 0.29) is 23.7 Å². The monoisotopic (exact) mass is 457 g/mol. The summed E-state index contributed by atoms with van der Waals surface area (Å²) in [7, 11) is 3.25. The van der Waals surface area contributed by atoms with Gasteiger partial charge < -0.3 is 20.1 Å². The maximum atomic E-state index is 15.0. The summed E-state index contributed by atoms with van der Waals surface area (Å²) in [5, 5.41) is 5.32. The van der Waals surface area contributed by atoms with E-state index in [1.54, 1.807) is 24.0 Å². The van der Waals surface area contributed by atoms with E-state index in [1.165, 1.54) is 36.2 Å². The number of alkyl halides is 2. The summed E-state index contributed by atoms with van der Waals surface area (Å²) in [5.74, 6) is -0.821. The molecule has 0 bridgehead atoms. The number of hydrogen-bond donors (Lipinski definition) is 1. The molecular formula is C22H18F3N5O3. The molecule has 2 aromatic heterocycles. The minimum Gasteiger partial charge on any atom is -0.491 e. The number of anilines is 1. The van der Waals surface area contributed by atoms with Crippen LogP contribution in [0, 0.1) is 5.82 Å². The third kappa shape index (κ3) is 3.36. The van der Waals surface area contributed by atoms with Gasteiger partial charge in [-0.25, -0.2) is 9.37 Å². The fraction of sp³-hybridized carbons (Fsp3) is 0.227. The molecule has 11 heteroatoms. The van der Waals surface area contributed by atoms with Crippen LogP contribution in [-0.2, 0) is 7.05 Å². The van der Waals surface area contributed by atoms with Gasteiger partial charge in [0.05, 0.1) is 34.2 Å². The minimum atomic E-state index is -2.96. The molecule has 5 rings (SSSR count). The fourth-order valence-corrected chi connectivity index (χ4v) is 4.14. The Morgan fingerprint density at radius 1 is 1.30 bits per heavy atom. The van der Waals surface area contributed by atoms with Crippen LogP contribution in [0.4, 0.5) is 19.0 Å². The Bertz CT molecular complexity index is 1420. The molecule has 1 aliphatic rings. The maximum absolute atomic E-state index is 15.0. The van der Waals surface area contributed by atoms with E-state index < -0.39 is 24.4 Å². The number of ether oxygens (including phenoxy) is 2. The molecule has 2 N–H and O–H groups in total. The summed E-state index contributed by atoms with van der Waals surface area (Å²) < 4.78 is 51.5. The summed E-state index contributed by atoms with van der Waals surface area (Å²) in [6.07, 6.45) is 1.56. The van der Waals surface area contributed by atoms with Gasteiger partial charge >= 0.3 is 6.61 Å². The van der Waals surface area contributed by atoms with E-state index in [4.69, 9.17) is 10.5 Å². The molecule has 33 heavy (non-hydrogen) atoms. The largest absolute Gasteiger partial charge is 0.491 e. The van der Waals surface area contributed by atoms with Gasteiger partial charge in [-0.15, -0.1) is 0 Å².